The van der Waals surface area contributed by atoms with Crippen molar-refractivity contribution in [3.63, 3.8) is 0 Å². The summed E-state index contributed by atoms with van der Waals surface area (Å²) in [6.07, 6.45) is 2.10. The fourth-order valence-electron chi connectivity index (χ4n) is 4.76. The number of benzene rings is 4. The van der Waals surface area contributed by atoms with E-state index in [0.717, 1.165) is 4.90 Å². The normalized spacial score (nSPS) is 13.4. The summed E-state index contributed by atoms with van der Waals surface area (Å²) >= 11 is 1.33. The molecule has 0 bridgehead atoms. The second-order valence-corrected chi connectivity index (χ2v) is 11.9. The number of nitrogens with one attached hydrogen (secondary N) is 3. The van der Waals surface area contributed by atoms with Crippen LogP contribution in [-0.4, -0.2) is 41.3 Å². The first-order valence-corrected chi connectivity index (χ1v) is 16.4. The summed E-state index contributed by atoms with van der Waals surface area (Å²) in [6, 6.07) is 32.0. The number of carbonyl (C=O) groups is 4. The zero-order valence-corrected chi connectivity index (χ0v) is 27.3. The van der Waals surface area contributed by atoms with Gasteiger partial charge in [0, 0.05) is 16.1 Å². The van der Waals surface area contributed by atoms with E-state index in [0.29, 0.717) is 47.1 Å². The monoisotopic (exact) mass is 661 g/mol. The third-order valence-electron chi connectivity index (χ3n) is 7.11. The summed E-state index contributed by atoms with van der Waals surface area (Å²) in [5, 5.41) is 13.5. The number of amides is 4. The predicted molar refractivity (Wildman–Crippen MR) is 189 cm³/mol. The summed E-state index contributed by atoms with van der Waals surface area (Å²) in [6.45, 7) is 4.32. The van der Waals surface area contributed by atoms with Crippen molar-refractivity contribution >= 4 is 58.7 Å². The Morgan fingerprint density at radius 1 is 0.896 bits per heavy atom. The van der Waals surface area contributed by atoms with E-state index in [1.54, 1.807) is 91.0 Å². The maximum absolute atomic E-state index is 13.6. The van der Waals surface area contributed by atoms with Crippen LogP contribution in [0.2, 0.25) is 0 Å². The lowest BCUT2D eigenvalue weighted by atomic mass is 10.1. The van der Waals surface area contributed by atoms with Crippen molar-refractivity contribution in [1.29, 1.82) is 0 Å². The molecule has 10 nitrogen and oxygen atoms in total. The number of rotatable bonds is 12. The summed E-state index contributed by atoms with van der Waals surface area (Å²) in [4.78, 5) is 53.1. The molecule has 11 heteroatoms. The number of nitrogens with zero attached hydrogens (tertiary/aromatic N) is 2. The molecule has 1 atom stereocenters. The standard InChI is InChI=1S/C37H35N5O5S/c1-3-32(37(46)40-33-24-34(43)42(41-33)28-15-9-6-10-16-28)48-30-17-11-14-27(23-30)38-36(45)31(39-35(44)26-12-7-5-8-13-26)22-25-18-20-29(21-19-25)47-4-2/h5-23,32H,3-4,24H2,1-2H3,(H,38,45)(H,39,44)(H,40,41,46)/b31-22+. The third kappa shape index (κ3) is 8.98. The second kappa shape index (κ2) is 16.2. The average Bonchev–Trinajstić information content (AvgIpc) is 3.47. The van der Waals surface area contributed by atoms with Crippen LogP contribution in [-0.2, 0) is 14.4 Å². The van der Waals surface area contributed by atoms with Gasteiger partial charge in [0.05, 0.1) is 24.0 Å². The molecular formula is C37H35N5O5S. The largest absolute Gasteiger partial charge is 0.494 e. The summed E-state index contributed by atoms with van der Waals surface area (Å²) in [5.41, 5.74) is 2.26. The Bertz CT molecular complexity index is 1830. The highest BCUT2D eigenvalue weighted by molar-refractivity contribution is 8.00. The molecule has 1 heterocycles. The molecule has 0 aromatic heterocycles. The van der Waals surface area contributed by atoms with Gasteiger partial charge in [0.1, 0.15) is 17.3 Å². The molecular weight excluding hydrogens is 627 g/mol. The van der Waals surface area contributed by atoms with Crippen LogP contribution in [0.1, 0.15) is 42.6 Å². The Balaban J connectivity index is 1.28. The molecule has 1 aliphatic heterocycles. The molecule has 4 aromatic carbocycles. The second-order valence-electron chi connectivity index (χ2n) is 10.6. The Morgan fingerprint density at radius 3 is 2.29 bits per heavy atom. The van der Waals surface area contributed by atoms with Gasteiger partial charge in [-0.25, -0.2) is 0 Å². The highest BCUT2D eigenvalue weighted by Crippen LogP contribution is 2.28. The number of carbonyl (C=O) groups excluding carboxylic acids is 4. The predicted octanol–water partition coefficient (Wildman–Crippen LogP) is 6.23. The molecule has 1 aliphatic rings. The summed E-state index contributed by atoms with van der Waals surface area (Å²) in [5.74, 6) is -0.463. The highest BCUT2D eigenvalue weighted by Gasteiger charge is 2.28. The van der Waals surface area contributed by atoms with Crippen LogP contribution < -0.4 is 25.7 Å². The molecule has 4 aromatic rings. The number of ether oxygens (including phenoxy) is 1. The van der Waals surface area contributed by atoms with Crippen molar-refractivity contribution in [1.82, 2.24) is 10.6 Å². The molecule has 3 N–H and O–H groups in total. The number of thioether (sulfide) groups is 1. The third-order valence-corrected chi connectivity index (χ3v) is 8.47. The van der Waals surface area contributed by atoms with Crippen molar-refractivity contribution < 1.29 is 23.9 Å². The average molecular weight is 662 g/mol. The summed E-state index contributed by atoms with van der Waals surface area (Å²) < 4.78 is 5.52. The number of hydrogen-bond acceptors (Lipinski definition) is 7. The molecule has 0 aliphatic carbocycles. The number of hydrazone groups is 1. The Hall–Kier alpha value is -5.68. The van der Waals surface area contributed by atoms with E-state index in [1.807, 2.05) is 38.1 Å². The van der Waals surface area contributed by atoms with Gasteiger partial charge in [0.15, 0.2) is 0 Å². The van der Waals surface area contributed by atoms with Crippen LogP contribution in [0.25, 0.3) is 6.08 Å². The molecule has 0 saturated heterocycles. The van der Waals surface area contributed by atoms with Gasteiger partial charge >= 0.3 is 0 Å². The van der Waals surface area contributed by atoms with Crippen molar-refractivity contribution in [2.24, 2.45) is 5.10 Å². The first-order valence-electron chi connectivity index (χ1n) is 15.5. The Labute approximate surface area is 283 Å². The van der Waals surface area contributed by atoms with Crippen LogP contribution in [0.4, 0.5) is 11.4 Å². The molecule has 244 valence electrons. The fourth-order valence-corrected chi connectivity index (χ4v) is 5.77. The number of amidine groups is 1. The first kappa shape index (κ1) is 33.7. The van der Waals surface area contributed by atoms with Crippen molar-refractivity contribution in [2.45, 2.75) is 36.8 Å². The van der Waals surface area contributed by atoms with Crippen LogP contribution in [0.15, 0.2) is 125 Å². The number of para-hydroxylation sites is 1. The Morgan fingerprint density at radius 2 is 1.60 bits per heavy atom. The Kier molecular flexibility index (Phi) is 11.4. The van der Waals surface area contributed by atoms with E-state index < -0.39 is 17.1 Å². The van der Waals surface area contributed by atoms with Gasteiger partial charge in [-0.1, -0.05) is 61.5 Å². The van der Waals surface area contributed by atoms with Gasteiger partial charge in [-0.3, -0.25) is 19.2 Å². The SMILES string of the molecule is CCOc1ccc(/C=C(/NC(=O)c2ccccc2)C(=O)Nc2cccc(SC(CC)C(=O)NC3=NN(c4ccccc4)C(=O)C3)c2)cc1. The highest BCUT2D eigenvalue weighted by atomic mass is 32.2. The fraction of sp³-hybridized carbons (Fsp3) is 0.162. The van der Waals surface area contributed by atoms with E-state index in [-0.39, 0.29) is 23.9 Å². The van der Waals surface area contributed by atoms with E-state index in [1.165, 1.54) is 16.8 Å². The van der Waals surface area contributed by atoms with Gasteiger partial charge in [-0.2, -0.15) is 10.1 Å². The maximum atomic E-state index is 13.6. The van der Waals surface area contributed by atoms with E-state index >= 15 is 0 Å². The lowest BCUT2D eigenvalue weighted by Gasteiger charge is -2.15. The first-order chi connectivity index (χ1) is 23.3. The quantitative estimate of drug-likeness (QED) is 0.122. The van der Waals surface area contributed by atoms with Crippen molar-refractivity contribution in [3.8, 4) is 5.75 Å². The van der Waals surface area contributed by atoms with Crippen LogP contribution in [0.3, 0.4) is 0 Å². The van der Waals surface area contributed by atoms with E-state index in [9.17, 15) is 19.2 Å². The van der Waals surface area contributed by atoms with E-state index in [2.05, 4.69) is 21.1 Å². The molecule has 5 rings (SSSR count). The van der Waals surface area contributed by atoms with E-state index in [4.69, 9.17) is 4.74 Å². The van der Waals surface area contributed by atoms with Gasteiger partial charge < -0.3 is 20.7 Å². The smallest absolute Gasteiger partial charge is 0.272 e. The molecule has 0 radical (unpaired) electrons. The van der Waals surface area contributed by atoms with Crippen LogP contribution in [0.5, 0.6) is 5.75 Å². The molecule has 0 spiro atoms. The zero-order valence-electron chi connectivity index (χ0n) is 26.5. The topological polar surface area (TPSA) is 129 Å². The molecule has 0 saturated carbocycles. The van der Waals surface area contributed by atoms with Gasteiger partial charge in [-0.05, 0) is 79.6 Å². The van der Waals surface area contributed by atoms with Gasteiger partial charge in [0.25, 0.3) is 17.7 Å². The minimum atomic E-state index is -0.521. The molecule has 4 amide bonds. The van der Waals surface area contributed by atoms with Crippen molar-refractivity contribution in [2.75, 3.05) is 16.9 Å². The van der Waals surface area contributed by atoms with Gasteiger partial charge in [-0.15, -0.1) is 11.8 Å². The van der Waals surface area contributed by atoms with Crippen LogP contribution >= 0.6 is 11.8 Å². The van der Waals surface area contributed by atoms with Crippen LogP contribution in [0, 0.1) is 0 Å². The zero-order chi connectivity index (χ0) is 33.9. The number of hydrogen-bond donors (Lipinski definition) is 3. The molecule has 1 unspecified atom stereocenters. The molecule has 0 fully saturated rings. The number of anilines is 2. The lowest BCUT2D eigenvalue weighted by molar-refractivity contribution is -0.119. The molecule has 48 heavy (non-hydrogen) atoms. The minimum absolute atomic E-state index is 0.00340. The lowest BCUT2D eigenvalue weighted by Crippen LogP contribution is -2.36. The maximum Gasteiger partial charge on any atom is 0.272 e. The van der Waals surface area contributed by atoms with Gasteiger partial charge in [0.2, 0.25) is 5.91 Å². The van der Waals surface area contributed by atoms with Crippen molar-refractivity contribution in [3.05, 3.63) is 126 Å². The minimum Gasteiger partial charge on any atom is -0.494 e. The summed E-state index contributed by atoms with van der Waals surface area (Å²) in [7, 11) is 0.